The Morgan fingerprint density at radius 2 is 2.00 bits per heavy atom. The van der Waals surface area contributed by atoms with Gasteiger partial charge in [0.2, 0.25) is 0 Å². The maximum atomic E-state index is 5.31. The van der Waals surface area contributed by atoms with E-state index in [0.29, 0.717) is 18.0 Å². The Morgan fingerprint density at radius 3 is 2.67 bits per heavy atom. The van der Waals surface area contributed by atoms with Crippen LogP contribution in [-0.2, 0) is 12.8 Å². The number of rotatable bonds is 4. The van der Waals surface area contributed by atoms with Gasteiger partial charge in [0.15, 0.2) is 0 Å². The lowest BCUT2D eigenvalue weighted by Crippen LogP contribution is -2.42. The summed E-state index contributed by atoms with van der Waals surface area (Å²) in [5.41, 5.74) is 2.94. The lowest BCUT2D eigenvalue weighted by Gasteiger charge is -2.30. The molecule has 0 bridgehead atoms. The van der Waals surface area contributed by atoms with Gasteiger partial charge in [0.1, 0.15) is 5.75 Å². The summed E-state index contributed by atoms with van der Waals surface area (Å²) < 4.78 is 5.31. The summed E-state index contributed by atoms with van der Waals surface area (Å²) >= 11 is 0. The van der Waals surface area contributed by atoms with E-state index in [0.717, 1.165) is 12.2 Å². The third kappa shape index (κ3) is 3.05. The Kier molecular flexibility index (Phi) is 4.28. The highest BCUT2D eigenvalue weighted by molar-refractivity contribution is 5.37. The molecular formula is C16H25NO. The van der Waals surface area contributed by atoms with Crippen LogP contribution in [0.1, 0.15) is 38.3 Å². The predicted octanol–water partition coefficient (Wildman–Crippen LogP) is 3.19. The van der Waals surface area contributed by atoms with Crippen molar-refractivity contribution in [2.24, 2.45) is 5.92 Å². The quantitative estimate of drug-likeness (QED) is 0.882. The second-order valence-corrected chi connectivity index (χ2v) is 5.77. The van der Waals surface area contributed by atoms with Gasteiger partial charge in [0.05, 0.1) is 7.11 Å². The SMILES string of the molecule is COc1ccc2c(c1)CC(NC(C)C(C)C)CC2. The Labute approximate surface area is 111 Å². The van der Waals surface area contributed by atoms with Gasteiger partial charge in [-0.1, -0.05) is 19.9 Å². The van der Waals surface area contributed by atoms with Crippen molar-refractivity contribution < 1.29 is 4.74 Å². The van der Waals surface area contributed by atoms with Gasteiger partial charge in [-0.05, 0) is 55.4 Å². The largest absolute Gasteiger partial charge is 0.497 e. The van der Waals surface area contributed by atoms with Crippen LogP contribution in [0, 0.1) is 5.92 Å². The molecule has 0 saturated carbocycles. The fourth-order valence-electron chi connectivity index (χ4n) is 2.57. The van der Waals surface area contributed by atoms with E-state index in [1.807, 2.05) is 0 Å². The minimum atomic E-state index is 0.585. The van der Waals surface area contributed by atoms with Gasteiger partial charge in [0, 0.05) is 12.1 Å². The molecule has 1 aromatic carbocycles. The number of aryl methyl sites for hydroxylation is 1. The van der Waals surface area contributed by atoms with Crippen molar-refractivity contribution in [3.8, 4) is 5.75 Å². The summed E-state index contributed by atoms with van der Waals surface area (Å²) in [7, 11) is 1.74. The molecule has 0 amide bonds. The summed E-state index contributed by atoms with van der Waals surface area (Å²) in [4.78, 5) is 0. The monoisotopic (exact) mass is 247 g/mol. The molecule has 1 N–H and O–H groups in total. The van der Waals surface area contributed by atoms with Crippen LogP contribution in [0.25, 0.3) is 0 Å². The minimum absolute atomic E-state index is 0.585. The second-order valence-electron chi connectivity index (χ2n) is 5.77. The topological polar surface area (TPSA) is 21.3 Å². The highest BCUT2D eigenvalue weighted by Crippen LogP contribution is 2.26. The highest BCUT2D eigenvalue weighted by atomic mass is 16.5. The number of benzene rings is 1. The maximum absolute atomic E-state index is 5.31. The van der Waals surface area contributed by atoms with Gasteiger partial charge >= 0.3 is 0 Å². The molecule has 2 rings (SSSR count). The Morgan fingerprint density at radius 1 is 1.22 bits per heavy atom. The lowest BCUT2D eigenvalue weighted by molar-refractivity contribution is 0.349. The van der Waals surface area contributed by atoms with Crippen molar-refractivity contribution in [1.82, 2.24) is 5.32 Å². The van der Waals surface area contributed by atoms with Gasteiger partial charge in [-0.2, -0.15) is 0 Å². The molecule has 2 nitrogen and oxygen atoms in total. The van der Waals surface area contributed by atoms with Gasteiger partial charge < -0.3 is 10.1 Å². The number of methoxy groups -OCH3 is 1. The molecule has 0 aliphatic heterocycles. The molecule has 0 radical (unpaired) electrons. The zero-order chi connectivity index (χ0) is 13.1. The van der Waals surface area contributed by atoms with Crippen molar-refractivity contribution in [1.29, 1.82) is 0 Å². The molecule has 1 aromatic rings. The average molecular weight is 247 g/mol. The number of fused-ring (bicyclic) bond motifs is 1. The number of nitrogens with one attached hydrogen (secondary N) is 1. The van der Waals surface area contributed by atoms with Gasteiger partial charge in [0.25, 0.3) is 0 Å². The minimum Gasteiger partial charge on any atom is -0.497 e. The van der Waals surface area contributed by atoms with Crippen LogP contribution in [0.3, 0.4) is 0 Å². The number of hydrogen-bond donors (Lipinski definition) is 1. The van der Waals surface area contributed by atoms with E-state index in [4.69, 9.17) is 4.74 Å². The van der Waals surface area contributed by atoms with Crippen molar-refractivity contribution in [2.45, 2.75) is 52.1 Å². The van der Waals surface area contributed by atoms with Crippen LogP contribution in [-0.4, -0.2) is 19.2 Å². The fraction of sp³-hybridized carbons (Fsp3) is 0.625. The molecule has 18 heavy (non-hydrogen) atoms. The van der Waals surface area contributed by atoms with E-state index in [1.165, 1.54) is 24.0 Å². The predicted molar refractivity (Wildman–Crippen MR) is 76.2 cm³/mol. The molecule has 0 fully saturated rings. The Bertz CT molecular complexity index is 400. The van der Waals surface area contributed by atoms with Crippen molar-refractivity contribution in [3.63, 3.8) is 0 Å². The molecule has 0 spiro atoms. The first-order valence-electron chi connectivity index (χ1n) is 7.02. The molecule has 2 unspecified atom stereocenters. The molecule has 1 aliphatic carbocycles. The van der Waals surface area contributed by atoms with E-state index >= 15 is 0 Å². The normalized spacial score (nSPS) is 20.6. The molecule has 0 saturated heterocycles. The first kappa shape index (κ1) is 13.4. The summed E-state index contributed by atoms with van der Waals surface area (Å²) in [5, 5.41) is 3.76. The van der Waals surface area contributed by atoms with Crippen molar-refractivity contribution in [3.05, 3.63) is 29.3 Å². The van der Waals surface area contributed by atoms with Crippen LogP contribution in [0.5, 0.6) is 5.75 Å². The molecule has 1 aliphatic rings. The average Bonchev–Trinajstić information content (AvgIpc) is 2.37. The molecule has 2 atom stereocenters. The summed E-state index contributed by atoms with van der Waals surface area (Å²) in [6.07, 6.45) is 3.56. The van der Waals surface area contributed by atoms with Crippen LogP contribution in [0.2, 0.25) is 0 Å². The highest BCUT2D eigenvalue weighted by Gasteiger charge is 2.21. The molecule has 0 aromatic heterocycles. The van der Waals surface area contributed by atoms with Crippen LogP contribution in [0.4, 0.5) is 0 Å². The summed E-state index contributed by atoms with van der Waals surface area (Å²) in [6, 6.07) is 7.69. The van der Waals surface area contributed by atoms with Gasteiger partial charge in [-0.15, -0.1) is 0 Å². The lowest BCUT2D eigenvalue weighted by atomic mass is 9.87. The Balaban J connectivity index is 2.04. The molecule has 0 heterocycles. The smallest absolute Gasteiger partial charge is 0.119 e. The van der Waals surface area contributed by atoms with E-state index < -0.39 is 0 Å². The molecule has 100 valence electrons. The van der Waals surface area contributed by atoms with Crippen molar-refractivity contribution in [2.75, 3.05) is 7.11 Å². The maximum Gasteiger partial charge on any atom is 0.119 e. The van der Waals surface area contributed by atoms with E-state index in [9.17, 15) is 0 Å². The standard InChI is InChI=1S/C16H25NO/c1-11(2)12(3)17-15-7-5-13-6-8-16(18-4)10-14(13)9-15/h6,8,10-12,15,17H,5,7,9H2,1-4H3. The second kappa shape index (κ2) is 5.75. The summed E-state index contributed by atoms with van der Waals surface area (Å²) in [6.45, 7) is 6.83. The van der Waals surface area contributed by atoms with Crippen LogP contribution < -0.4 is 10.1 Å². The van der Waals surface area contributed by atoms with E-state index in [2.05, 4.69) is 44.3 Å². The van der Waals surface area contributed by atoms with Gasteiger partial charge in [-0.25, -0.2) is 0 Å². The first-order chi connectivity index (χ1) is 8.60. The Hall–Kier alpha value is -1.02. The first-order valence-corrected chi connectivity index (χ1v) is 7.02. The zero-order valence-electron chi connectivity index (χ0n) is 12.0. The number of ether oxygens (including phenoxy) is 1. The van der Waals surface area contributed by atoms with E-state index in [1.54, 1.807) is 7.11 Å². The van der Waals surface area contributed by atoms with Crippen LogP contribution in [0.15, 0.2) is 18.2 Å². The third-order valence-electron chi connectivity index (χ3n) is 4.14. The van der Waals surface area contributed by atoms with Gasteiger partial charge in [-0.3, -0.25) is 0 Å². The zero-order valence-corrected chi connectivity index (χ0v) is 12.0. The van der Waals surface area contributed by atoms with Crippen LogP contribution >= 0.6 is 0 Å². The summed E-state index contributed by atoms with van der Waals surface area (Å²) in [5.74, 6) is 1.67. The number of hydrogen-bond acceptors (Lipinski definition) is 2. The third-order valence-corrected chi connectivity index (χ3v) is 4.14. The van der Waals surface area contributed by atoms with E-state index in [-0.39, 0.29) is 0 Å². The molecular weight excluding hydrogens is 222 g/mol. The molecule has 2 heteroatoms. The fourth-order valence-corrected chi connectivity index (χ4v) is 2.57. The van der Waals surface area contributed by atoms with Crippen molar-refractivity contribution >= 4 is 0 Å².